The monoisotopic (exact) mass is 525 g/mol. The summed E-state index contributed by atoms with van der Waals surface area (Å²) in [5.41, 5.74) is 11.7. The van der Waals surface area contributed by atoms with E-state index < -0.39 is 28.4 Å². The Morgan fingerprint density at radius 2 is 1.24 bits per heavy atom. The van der Waals surface area contributed by atoms with Gasteiger partial charge < -0.3 is 14.2 Å². The van der Waals surface area contributed by atoms with E-state index in [1.165, 1.54) is 0 Å². The average Bonchev–Trinajstić information content (AvgIpc) is 2.90. The minimum absolute atomic E-state index is 0.0922. The maximum absolute atomic E-state index is 12.2. The predicted octanol–water partition coefficient (Wildman–Crippen LogP) is 5.03. The predicted molar refractivity (Wildman–Crippen MR) is 140 cm³/mol. The third-order valence-corrected chi connectivity index (χ3v) is 5.94. The smallest absolute Gasteiger partial charge is 0.264 e. The highest BCUT2D eigenvalue weighted by Gasteiger charge is 2.35. The SMILES string of the molecule is CS(=O)(=O)O[C@H](COCc1ccccc1)[C@@H](OCc1ccccc1)[C@@H](CN=[N+]=[N-])OCc1ccccc1. The van der Waals surface area contributed by atoms with Crippen molar-refractivity contribution in [3.63, 3.8) is 0 Å². The molecule has 0 spiro atoms. The van der Waals surface area contributed by atoms with E-state index >= 15 is 0 Å². The summed E-state index contributed by atoms with van der Waals surface area (Å²) in [5, 5.41) is 3.70. The molecule has 0 N–H and O–H groups in total. The number of hydrogen-bond acceptors (Lipinski definition) is 7. The molecule has 0 aliphatic carbocycles. The quantitative estimate of drug-likeness (QED) is 0.112. The van der Waals surface area contributed by atoms with Crippen LogP contribution in [0.1, 0.15) is 16.7 Å². The number of rotatable bonds is 16. The molecule has 0 saturated carbocycles. The van der Waals surface area contributed by atoms with Crippen LogP contribution in [0.15, 0.2) is 96.1 Å². The van der Waals surface area contributed by atoms with Gasteiger partial charge in [-0.05, 0) is 22.2 Å². The van der Waals surface area contributed by atoms with Crippen LogP contribution >= 0.6 is 0 Å². The van der Waals surface area contributed by atoms with Gasteiger partial charge in [-0.25, -0.2) is 0 Å². The van der Waals surface area contributed by atoms with Gasteiger partial charge in [0, 0.05) is 4.91 Å². The minimum Gasteiger partial charge on any atom is -0.374 e. The lowest BCUT2D eigenvalue weighted by Gasteiger charge is -2.32. The van der Waals surface area contributed by atoms with Gasteiger partial charge in [-0.3, -0.25) is 4.18 Å². The fraction of sp³-hybridized carbons (Fsp3) is 0.333. The summed E-state index contributed by atoms with van der Waals surface area (Å²) in [4.78, 5) is 2.87. The summed E-state index contributed by atoms with van der Waals surface area (Å²) in [6.45, 7) is 0.430. The van der Waals surface area contributed by atoms with Gasteiger partial charge in [-0.1, -0.05) is 96.1 Å². The summed E-state index contributed by atoms with van der Waals surface area (Å²) in [6, 6.07) is 28.4. The first-order valence-corrected chi connectivity index (χ1v) is 13.6. The molecule has 3 aromatic rings. The van der Waals surface area contributed by atoms with Crippen molar-refractivity contribution in [2.24, 2.45) is 5.11 Å². The second kappa shape index (κ2) is 15.1. The second-order valence-corrected chi connectivity index (χ2v) is 9.95. The zero-order valence-electron chi connectivity index (χ0n) is 20.6. The number of ether oxygens (including phenoxy) is 3. The zero-order valence-corrected chi connectivity index (χ0v) is 21.4. The summed E-state index contributed by atoms with van der Waals surface area (Å²) in [7, 11) is -3.89. The molecule has 0 aliphatic rings. The van der Waals surface area contributed by atoms with Crippen LogP contribution in [0.25, 0.3) is 10.4 Å². The third-order valence-electron chi connectivity index (χ3n) is 5.34. The number of benzene rings is 3. The van der Waals surface area contributed by atoms with Gasteiger partial charge in [0.15, 0.2) is 0 Å². The lowest BCUT2D eigenvalue weighted by molar-refractivity contribution is -0.136. The standard InChI is InChI=1S/C27H31N3O6S/c1-37(31,32)36-26(21-33-18-22-11-5-2-6-12-22)27(35-20-24-15-9-4-10-16-24)25(17-29-30-28)34-19-23-13-7-3-8-14-23/h2-16,25-27H,17-21H2,1H3/t25-,26-,27+/m1/s1. The van der Waals surface area contributed by atoms with Crippen molar-refractivity contribution in [2.75, 3.05) is 19.4 Å². The third kappa shape index (κ3) is 10.7. The van der Waals surface area contributed by atoms with Crippen molar-refractivity contribution in [3.8, 4) is 0 Å². The molecule has 37 heavy (non-hydrogen) atoms. The first-order valence-electron chi connectivity index (χ1n) is 11.8. The largest absolute Gasteiger partial charge is 0.374 e. The molecule has 0 bridgehead atoms. The van der Waals surface area contributed by atoms with E-state index in [-0.39, 0.29) is 33.0 Å². The van der Waals surface area contributed by atoms with E-state index in [4.69, 9.17) is 23.9 Å². The average molecular weight is 526 g/mol. The summed E-state index contributed by atoms with van der Waals surface area (Å²) in [6.07, 6.45) is -1.83. The molecule has 3 rings (SSSR count). The van der Waals surface area contributed by atoms with Crippen LogP contribution in [0, 0.1) is 0 Å². The van der Waals surface area contributed by atoms with E-state index in [0.717, 1.165) is 22.9 Å². The molecule has 0 heterocycles. The number of hydrogen-bond donors (Lipinski definition) is 0. The van der Waals surface area contributed by atoms with E-state index in [9.17, 15) is 8.42 Å². The Labute approximate surface area is 217 Å². The Hall–Kier alpha value is -3.24. The van der Waals surface area contributed by atoms with Crippen LogP contribution in [0.4, 0.5) is 0 Å². The molecule has 0 radical (unpaired) electrons. The Kier molecular flexibility index (Phi) is 11.6. The summed E-state index contributed by atoms with van der Waals surface area (Å²) in [5.74, 6) is 0. The van der Waals surface area contributed by atoms with Gasteiger partial charge in [0.1, 0.15) is 12.2 Å². The first-order chi connectivity index (χ1) is 17.9. The molecule has 0 aromatic heterocycles. The lowest BCUT2D eigenvalue weighted by Crippen LogP contribution is -2.47. The van der Waals surface area contributed by atoms with Crippen molar-refractivity contribution in [1.29, 1.82) is 0 Å². The molecule has 9 nitrogen and oxygen atoms in total. The zero-order chi connectivity index (χ0) is 26.3. The van der Waals surface area contributed by atoms with Crippen LogP contribution in [-0.4, -0.2) is 46.1 Å². The van der Waals surface area contributed by atoms with Crippen LogP contribution in [0.2, 0.25) is 0 Å². The summed E-state index contributed by atoms with van der Waals surface area (Å²) < 4.78 is 48.1. The lowest BCUT2D eigenvalue weighted by atomic mass is 10.1. The number of azide groups is 1. The van der Waals surface area contributed by atoms with Gasteiger partial charge in [-0.2, -0.15) is 8.42 Å². The highest BCUT2D eigenvalue weighted by molar-refractivity contribution is 7.86. The Morgan fingerprint density at radius 1 is 0.757 bits per heavy atom. The fourth-order valence-corrected chi connectivity index (χ4v) is 4.25. The topological polar surface area (TPSA) is 120 Å². The molecule has 0 unspecified atom stereocenters. The molecule has 10 heteroatoms. The summed E-state index contributed by atoms with van der Waals surface area (Å²) >= 11 is 0. The van der Waals surface area contributed by atoms with Gasteiger partial charge in [0.25, 0.3) is 10.1 Å². The van der Waals surface area contributed by atoms with E-state index in [2.05, 4.69) is 10.0 Å². The Morgan fingerprint density at radius 3 is 1.73 bits per heavy atom. The van der Waals surface area contributed by atoms with Gasteiger partial charge >= 0.3 is 0 Å². The van der Waals surface area contributed by atoms with Crippen molar-refractivity contribution >= 4 is 10.1 Å². The molecular formula is C27H31N3O6S. The molecule has 0 saturated heterocycles. The number of nitrogens with zero attached hydrogens (tertiary/aromatic N) is 3. The van der Waals surface area contributed by atoms with E-state index in [1.807, 2.05) is 91.0 Å². The first kappa shape index (κ1) is 28.3. The molecular weight excluding hydrogens is 494 g/mol. The molecule has 0 aliphatic heterocycles. The van der Waals surface area contributed by atoms with E-state index in [1.54, 1.807) is 0 Å². The molecule has 196 valence electrons. The minimum atomic E-state index is -3.89. The molecule has 3 atom stereocenters. The van der Waals surface area contributed by atoms with Crippen molar-refractivity contribution in [2.45, 2.75) is 38.1 Å². The van der Waals surface area contributed by atoms with Crippen LogP contribution in [-0.2, 0) is 48.3 Å². The maximum atomic E-state index is 12.2. The second-order valence-electron chi connectivity index (χ2n) is 8.35. The van der Waals surface area contributed by atoms with Gasteiger partial charge in [0.2, 0.25) is 0 Å². The highest BCUT2D eigenvalue weighted by Crippen LogP contribution is 2.20. The van der Waals surface area contributed by atoms with E-state index in [0.29, 0.717) is 0 Å². The van der Waals surface area contributed by atoms with Gasteiger partial charge in [0.05, 0.1) is 45.3 Å². The van der Waals surface area contributed by atoms with Crippen molar-refractivity contribution in [3.05, 3.63) is 118 Å². The molecule has 0 fully saturated rings. The highest BCUT2D eigenvalue weighted by atomic mass is 32.2. The molecule has 3 aromatic carbocycles. The van der Waals surface area contributed by atoms with Crippen molar-refractivity contribution in [1.82, 2.24) is 0 Å². The normalized spacial score (nSPS) is 13.9. The fourth-order valence-electron chi connectivity index (χ4n) is 3.64. The van der Waals surface area contributed by atoms with Crippen LogP contribution in [0.3, 0.4) is 0 Å². The maximum Gasteiger partial charge on any atom is 0.264 e. The molecule has 0 amide bonds. The van der Waals surface area contributed by atoms with Crippen molar-refractivity contribution < 1.29 is 26.8 Å². The van der Waals surface area contributed by atoms with Crippen LogP contribution < -0.4 is 0 Å². The van der Waals surface area contributed by atoms with Crippen LogP contribution in [0.5, 0.6) is 0 Å². The Bertz CT molecular complexity index is 1210. The van der Waals surface area contributed by atoms with Gasteiger partial charge in [-0.15, -0.1) is 0 Å². The Balaban J connectivity index is 1.85.